The summed E-state index contributed by atoms with van der Waals surface area (Å²) in [5.41, 5.74) is 6.87. The molecule has 0 saturated carbocycles. The molecular weight excluding hydrogens is 598 g/mol. The summed E-state index contributed by atoms with van der Waals surface area (Å²) in [7, 11) is 1.28. The van der Waals surface area contributed by atoms with E-state index in [1.165, 1.54) is 7.11 Å². The van der Waals surface area contributed by atoms with E-state index in [9.17, 15) is 14.7 Å². The van der Waals surface area contributed by atoms with Crippen LogP contribution in [0.1, 0.15) is 36.6 Å². The number of ether oxygens (including phenoxy) is 3. The van der Waals surface area contributed by atoms with Crippen LogP contribution in [0.3, 0.4) is 0 Å². The first-order chi connectivity index (χ1) is 21.8. The molecule has 4 N–H and O–H groups in total. The molecule has 2 amide bonds. The minimum Gasteiger partial charge on any atom is -0.490 e. The average molecular weight is 632 g/mol. The van der Waals surface area contributed by atoms with Crippen molar-refractivity contribution in [2.45, 2.75) is 32.7 Å². The predicted octanol–water partition coefficient (Wildman–Crippen LogP) is 4.86. The van der Waals surface area contributed by atoms with Gasteiger partial charge in [0.05, 0.1) is 31.5 Å². The van der Waals surface area contributed by atoms with Gasteiger partial charge < -0.3 is 34.5 Å². The lowest BCUT2D eigenvalue weighted by molar-refractivity contribution is -0.136. The molecule has 4 aromatic rings. The average Bonchev–Trinajstić information content (AvgIpc) is 3.38. The van der Waals surface area contributed by atoms with Gasteiger partial charge in [-0.05, 0) is 49.2 Å². The SMILES string of the molecule is CCOc1cc([C@@H]2NC(=O)NC(C)=C2C(=O)OC)ccc1OC[C@@H](O)N/N=C/c1cn(Cc2ccccc2Cl)c2ccccc12. The van der Waals surface area contributed by atoms with Crippen molar-refractivity contribution in [3.8, 4) is 11.5 Å². The number of nitrogens with one attached hydrogen (secondary N) is 3. The summed E-state index contributed by atoms with van der Waals surface area (Å²) in [6.07, 6.45) is 2.51. The Morgan fingerprint density at radius 2 is 1.91 bits per heavy atom. The second-order valence-electron chi connectivity index (χ2n) is 10.2. The zero-order valence-electron chi connectivity index (χ0n) is 25.0. The fourth-order valence-corrected chi connectivity index (χ4v) is 5.33. The maximum atomic E-state index is 12.5. The third-order valence-electron chi connectivity index (χ3n) is 7.22. The number of aliphatic hydroxyl groups is 1. The van der Waals surface area contributed by atoms with E-state index in [-0.39, 0.29) is 12.2 Å². The van der Waals surface area contributed by atoms with Gasteiger partial charge >= 0.3 is 12.0 Å². The van der Waals surface area contributed by atoms with Crippen molar-refractivity contribution in [2.24, 2.45) is 5.10 Å². The number of allylic oxidation sites excluding steroid dienone is 1. The Morgan fingerprint density at radius 3 is 2.69 bits per heavy atom. The molecule has 12 heteroatoms. The Hall–Kier alpha value is -5.00. The number of hydrazone groups is 1. The summed E-state index contributed by atoms with van der Waals surface area (Å²) in [5, 5.41) is 21.9. The number of fused-ring (bicyclic) bond motifs is 1. The molecule has 11 nitrogen and oxygen atoms in total. The molecule has 45 heavy (non-hydrogen) atoms. The van der Waals surface area contributed by atoms with Crippen LogP contribution < -0.4 is 25.5 Å². The van der Waals surface area contributed by atoms with Gasteiger partial charge in [-0.1, -0.05) is 54.1 Å². The number of carbonyl (C=O) groups excluding carboxylic acids is 2. The van der Waals surface area contributed by atoms with Crippen molar-refractivity contribution in [3.05, 3.63) is 106 Å². The van der Waals surface area contributed by atoms with E-state index in [4.69, 9.17) is 25.8 Å². The number of hydrogen-bond donors (Lipinski definition) is 4. The molecule has 0 saturated heterocycles. The highest BCUT2D eigenvalue weighted by Gasteiger charge is 2.32. The highest BCUT2D eigenvalue weighted by molar-refractivity contribution is 6.31. The van der Waals surface area contributed by atoms with Gasteiger partial charge in [0.1, 0.15) is 6.61 Å². The molecule has 1 aromatic heterocycles. The van der Waals surface area contributed by atoms with Crippen LogP contribution in [-0.4, -0.2) is 54.4 Å². The van der Waals surface area contributed by atoms with Crippen molar-refractivity contribution in [1.82, 2.24) is 20.6 Å². The van der Waals surface area contributed by atoms with Gasteiger partial charge in [-0.15, -0.1) is 0 Å². The van der Waals surface area contributed by atoms with Gasteiger partial charge in [-0.25, -0.2) is 9.59 Å². The van der Waals surface area contributed by atoms with Crippen LogP contribution in [0.4, 0.5) is 4.79 Å². The molecule has 3 aromatic carbocycles. The summed E-state index contributed by atoms with van der Waals surface area (Å²) in [4.78, 5) is 24.7. The molecule has 0 aliphatic carbocycles. The zero-order valence-corrected chi connectivity index (χ0v) is 25.8. The molecule has 0 bridgehead atoms. The monoisotopic (exact) mass is 631 g/mol. The summed E-state index contributed by atoms with van der Waals surface area (Å²) in [6, 6.07) is 19.6. The second kappa shape index (κ2) is 14.2. The second-order valence-corrected chi connectivity index (χ2v) is 10.6. The highest BCUT2D eigenvalue weighted by atomic mass is 35.5. The number of carbonyl (C=O) groups is 2. The van der Waals surface area contributed by atoms with Gasteiger partial charge in [0.15, 0.2) is 17.7 Å². The third kappa shape index (κ3) is 7.22. The van der Waals surface area contributed by atoms with E-state index >= 15 is 0 Å². The topological polar surface area (TPSA) is 135 Å². The number of para-hydroxylation sites is 1. The smallest absolute Gasteiger partial charge is 0.337 e. The normalized spacial score (nSPS) is 15.5. The van der Waals surface area contributed by atoms with E-state index in [1.54, 1.807) is 31.3 Å². The van der Waals surface area contributed by atoms with Gasteiger partial charge in [-0.2, -0.15) is 5.10 Å². The van der Waals surface area contributed by atoms with Crippen LogP contribution in [0.5, 0.6) is 11.5 Å². The number of rotatable bonds is 12. The molecule has 5 rings (SSSR count). The Kier molecular flexibility index (Phi) is 9.91. The lowest BCUT2D eigenvalue weighted by atomic mass is 9.95. The van der Waals surface area contributed by atoms with Gasteiger partial charge in [0.25, 0.3) is 0 Å². The number of urea groups is 1. The van der Waals surface area contributed by atoms with Gasteiger partial charge in [0.2, 0.25) is 0 Å². The Morgan fingerprint density at radius 1 is 1.13 bits per heavy atom. The Balaban J connectivity index is 1.26. The largest absolute Gasteiger partial charge is 0.490 e. The summed E-state index contributed by atoms with van der Waals surface area (Å²) in [5.74, 6) is 0.184. The molecule has 2 atom stereocenters. The highest BCUT2D eigenvalue weighted by Crippen LogP contribution is 2.35. The van der Waals surface area contributed by atoms with Gasteiger partial charge in [-0.3, -0.25) is 5.43 Å². The first-order valence-corrected chi connectivity index (χ1v) is 14.7. The van der Waals surface area contributed by atoms with Crippen molar-refractivity contribution in [2.75, 3.05) is 20.3 Å². The van der Waals surface area contributed by atoms with Crippen LogP contribution >= 0.6 is 11.6 Å². The fourth-order valence-electron chi connectivity index (χ4n) is 5.13. The van der Waals surface area contributed by atoms with E-state index in [2.05, 4.69) is 25.7 Å². The lowest BCUT2D eigenvalue weighted by Crippen LogP contribution is -2.45. The maximum absolute atomic E-state index is 12.5. The van der Waals surface area contributed by atoms with Crippen LogP contribution in [0.15, 0.2) is 89.3 Å². The zero-order chi connectivity index (χ0) is 31.9. The van der Waals surface area contributed by atoms with Crippen LogP contribution in [0.2, 0.25) is 5.02 Å². The molecular formula is C33H34ClN5O6. The van der Waals surface area contributed by atoms with Crippen molar-refractivity contribution < 1.29 is 28.9 Å². The summed E-state index contributed by atoms with van der Waals surface area (Å²) < 4.78 is 18.7. The van der Waals surface area contributed by atoms with Crippen molar-refractivity contribution in [1.29, 1.82) is 0 Å². The molecule has 0 spiro atoms. The first-order valence-electron chi connectivity index (χ1n) is 14.3. The van der Waals surface area contributed by atoms with Gasteiger partial charge in [0, 0.05) is 39.9 Å². The molecule has 0 radical (unpaired) electrons. The maximum Gasteiger partial charge on any atom is 0.337 e. The van der Waals surface area contributed by atoms with Crippen LogP contribution in [-0.2, 0) is 16.1 Å². The predicted molar refractivity (Wildman–Crippen MR) is 171 cm³/mol. The number of hydrogen-bond acceptors (Lipinski definition) is 8. The lowest BCUT2D eigenvalue weighted by Gasteiger charge is -2.28. The van der Waals surface area contributed by atoms with E-state index < -0.39 is 24.3 Å². The third-order valence-corrected chi connectivity index (χ3v) is 7.59. The van der Waals surface area contributed by atoms with E-state index in [0.29, 0.717) is 40.9 Å². The Labute approximate surface area is 265 Å². The fraction of sp³-hybridized carbons (Fsp3) is 0.242. The Bertz CT molecular complexity index is 1770. The minimum absolute atomic E-state index is 0.137. The number of esters is 1. The number of aliphatic hydroxyl groups excluding tert-OH is 1. The van der Waals surface area contributed by atoms with E-state index in [0.717, 1.165) is 22.0 Å². The standard InChI is InChI=1S/C33H34ClN5O6/c1-4-44-28-15-21(31-30(32(41)43-3)20(2)36-33(42)37-31)13-14-27(28)45-19-29(40)38-35-16-23-18-39(26-12-8-6-10-24(23)26)17-22-9-5-7-11-25(22)34/h5-16,18,29,31,38,40H,4,17,19H2,1-3H3,(H2,36,37,42)/b35-16+/t29-,31+/m1/s1. The number of benzene rings is 3. The molecule has 1 aliphatic heterocycles. The number of nitrogens with zero attached hydrogens (tertiary/aromatic N) is 2. The van der Waals surface area contributed by atoms with Crippen LogP contribution in [0.25, 0.3) is 10.9 Å². The quantitative estimate of drug-likeness (QED) is 0.0759. The minimum atomic E-state index is -1.13. The number of halogens is 1. The van der Waals surface area contributed by atoms with Crippen molar-refractivity contribution >= 4 is 40.7 Å². The molecule has 0 fully saturated rings. The number of aromatic nitrogens is 1. The first kappa shape index (κ1) is 31.4. The number of amides is 2. The summed E-state index contributed by atoms with van der Waals surface area (Å²) >= 11 is 6.40. The molecule has 234 valence electrons. The number of methoxy groups -OCH3 is 1. The van der Waals surface area contributed by atoms with Crippen LogP contribution in [0, 0.1) is 0 Å². The molecule has 0 unspecified atom stereocenters. The van der Waals surface area contributed by atoms with Crippen molar-refractivity contribution in [3.63, 3.8) is 0 Å². The summed E-state index contributed by atoms with van der Waals surface area (Å²) in [6.45, 7) is 4.26. The molecule has 1 aliphatic rings. The van der Waals surface area contributed by atoms with E-state index in [1.807, 2.05) is 61.7 Å². The molecule has 2 heterocycles.